The van der Waals surface area contributed by atoms with Crippen molar-refractivity contribution in [3.8, 4) is 5.75 Å². The standard InChI is InChI=1S/C8H6ClNO4S/c1-13-5-2-3-6-7(4-5)14-8(10-6)15(9,11)12/h2-4H,1H3. The first-order chi connectivity index (χ1) is 7.00. The number of oxazole rings is 1. The molecule has 1 heterocycles. The summed E-state index contributed by atoms with van der Waals surface area (Å²) in [7, 11) is 2.65. The Kier molecular flexibility index (Phi) is 2.32. The molecule has 0 N–H and O–H groups in total. The monoisotopic (exact) mass is 247 g/mol. The highest BCUT2D eigenvalue weighted by molar-refractivity contribution is 8.13. The van der Waals surface area contributed by atoms with Gasteiger partial charge >= 0.3 is 14.3 Å². The van der Waals surface area contributed by atoms with E-state index in [2.05, 4.69) is 4.98 Å². The third kappa shape index (κ3) is 1.91. The van der Waals surface area contributed by atoms with E-state index in [1.807, 2.05) is 0 Å². The van der Waals surface area contributed by atoms with Gasteiger partial charge in [-0.05, 0) is 12.1 Å². The molecule has 1 aromatic heterocycles. The van der Waals surface area contributed by atoms with Gasteiger partial charge in [0.1, 0.15) is 11.3 Å². The van der Waals surface area contributed by atoms with Gasteiger partial charge in [-0.2, -0.15) is 4.98 Å². The number of benzene rings is 1. The van der Waals surface area contributed by atoms with Crippen LogP contribution in [0.5, 0.6) is 5.75 Å². The van der Waals surface area contributed by atoms with Gasteiger partial charge in [0.2, 0.25) is 0 Å². The molecule has 0 aliphatic carbocycles. The molecule has 0 radical (unpaired) electrons. The minimum Gasteiger partial charge on any atom is -0.497 e. The van der Waals surface area contributed by atoms with Gasteiger partial charge in [-0.1, -0.05) is 0 Å². The van der Waals surface area contributed by atoms with E-state index < -0.39 is 14.3 Å². The zero-order chi connectivity index (χ0) is 11.1. The predicted molar refractivity (Wildman–Crippen MR) is 53.6 cm³/mol. The molecule has 0 fully saturated rings. The van der Waals surface area contributed by atoms with Crippen LogP contribution < -0.4 is 4.74 Å². The maximum atomic E-state index is 10.9. The number of aromatic nitrogens is 1. The molecule has 0 aliphatic rings. The van der Waals surface area contributed by atoms with Gasteiger partial charge in [0.25, 0.3) is 0 Å². The van der Waals surface area contributed by atoms with Crippen LogP contribution in [0.1, 0.15) is 0 Å². The van der Waals surface area contributed by atoms with Gasteiger partial charge in [-0.15, -0.1) is 0 Å². The zero-order valence-corrected chi connectivity index (χ0v) is 9.17. The molecule has 80 valence electrons. The Morgan fingerprint density at radius 2 is 2.20 bits per heavy atom. The predicted octanol–water partition coefficient (Wildman–Crippen LogP) is 1.76. The van der Waals surface area contributed by atoms with Gasteiger partial charge in [-0.3, -0.25) is 0 Å². The molecule has 0 saturated heterocycles. The van der Waals surface area contributed by atoms with E-state index in [0.717, 1.165) is 0 Å². The second kappa shape index (κ2) is 3.39. The lowest BCUT2D eigenvalue weighted by molar-refractivity contribution is 0.413. The van der Waals surface area contributed by atoms with Crippen LogP contribution in [0.15, 0.2) is 27.8 Å². The first-order valence-corrected chi connectivity index (χ1v) is 6.21. The van der Waals surface area contributed by atoms with Crippen LogP contribution in [-0.2, 0) is 9.05 Å². The zero-order valence-electron chi connectivity index (χ0n) is 7.60. The van der Waals surface area contributed by atoms with Crippen molar-refractivity contribution in [1.29, 1.82) is 0 Å². The molecule has 0 unspecified atom stereocenters. The highest BCUT2D eigenvalue weighted by Gasteiger charge is 2.18. The molecule has 0 saturated carbocycles. The van der Waals surface area contributed by atoms with Gasteiger partial charge in [0.05, 0.1) is 7.11 Å². The average molecular weight is 248 g/mol. The summed E-state index contributed by atoms with van der Waals surface area (Å²) < 4.78 is 31.8. The summed E-state index contributed by atoms with van der Waals surface area (Å²) in [5, 5.41) is -0.507. The minimum absolute atomic E-state index is 0.313. The van der Waals surface area contributed by atoms with Crippen LogP contribution in [-0.4, -0.2) is 20.5 Å². The van der Waals surface area contributed by atoms with Crippen LogP contribution in [0.4, 0.5) is 0 Å². The van der Waals surface area contributed by atoms with Crippen molar-refractivity contribution in [3.05, 3.63) is 18.2 Å². The number of hydrogen-bond donors (Lipinski definition) is 0. The summed E-state index contributed by atoms with van der Waals surface area (Å²) in [6.07, 6.45) is 0. The van der Waals surface area contributed by atoms with E-state index in [0.29, 0.717) is 16.8 Å². The Morgan fingerprint density at radius 1 is 1.47 bits per heavy atom. The number of nitrogens with zero attached hydrogens (tertiary/aromatic N) is 1. The molecule has 5 nitrogen and oxygen atoms in total. The topological polar surface area (TPSA) is 69.4 Å². The van der Waals surface area contributed by atoms with E-state index in [9.17, 15) is 8.42 Å². The molecule has 1 aromatic carbocycles. The Labute approximate surface area is 90.0 Å². The van der Waals surface area contributed by atoms with E-state index in [1.54, 1.807) is 12.1 Å². The van der Waals surface area contributed by atoms with Crippen molar-refractivity contribution in [1.82, 2.24) is 4.98 Å². The van der Waals surface area contributed by atoms with Crippen molar-refractivity contribution in [2.75, 3.05) is 7.11 Å². The molecular formula is C8H6ClNO4S. The lowest BCUT2D eigenvalue weighted by atomic mass is 10.3. The SMILES string of the molecule is COc1ccc2nc(S(=O)(=O)Cl)oc2c1. The van der Waals surface area contributed by atoms with Crippen LogP contribution in [0.3, 0.4) is 0 Å². The number of rotatable bonds is 2. The molecule has 15 heavy (non-hydrogen) atoms. The van der Waals surface area contributed by atoms with Crippen molar-refractivity contribution < 1.29 is 17.6 Å². The van der Waals surface area contributed by atoms with E-state index in [4.69, 9.17) is 19.8 Å². The average Bonchev–Trinajstić information content (AvgIpc) is 2.59. The quantitative estimate of drug-likeness (QED) is 0.757. The number of methoxy groups -OCH3 is 1. The van der Waals surface area contributed by atoms with Crippen LogP contribution in [0, 0.1) is 0 Å². The summed E-state index contributed by atoms with van der Waals surface area (Å²) in [5.41, 5.74) is 0.726. The molecular weight excluding hydrogens is 242 g/mol. The van der Waals surface area contributed by atoms with Gasteiger partial charge in [0, 0.05) is 16.7 Å². The fourth-order valence-corrected chi connectivity index (χ4v) is 1.71. The molecule has 0 bridgehead atoms. The molecule has 0 atom stereocenters. The van der Waals surface area contributed by atoms with E-state index >= 15 is 0 Å². The minimum atomic E-state index is -3.93. The van der Waals surface area contributed by atoms with Crippen molar-refractivity contribution >= 4 is 30.8 Å². The fourth-order valence-electron chi connectivity index (χ4n) is 1.12. The second-order valence-electron chi connectivity index (χ2n) is 2.75. The number of fused-ring (bicyclic) bond motifs is 1. The Morgan fingerprint density at radius 3 is 2.80 bits per heavy atom. The molecule has 0 aliphatic heterocycles. The summed E-state index contributed by atoms with van der Waals surface area (Å²) in [6.45, 7) is 0. The summed E-state index contributed by atoms with van der Waals surface area (Å²) >= 11 is 0. The van der Waals surface area contributed by atoms with Crippen molar-refractivity contribution in [3.63, 3.8) is 0 Å². The molecule has 0 amide bonds. The lowest BCUT2D eigenvalue weighted by Gasteiger charge is -1.95. The number of halogens is 1. The highest BCUT2D eigenvalue weighted by atomic mass is 35.7. The molecule has 2 rings (SSSR count). The largest absolute Gasteiger partial charge is 0.497 e. The second-order valence-corrected chi connectivity index (χ2v) is 5.20. The molecule has 7 heteroatoms. The first-order valence-electron chi connectivity index (χ1n) is 3.90. The van der Waals surface area contributed by atoms with E-state index in [-0.39, 0.29) is 0 Å². The smallest absolute Gasteiger partial charge is 0.332 e. The normalized spacial score (nSPS) is 11.9. The summed E-state index contributed by atoms with van der Waals surface area (Å²) in [4.78, 5) is 3.72. The fraction of sp³-hybridized carbons (Fsp3) is 0.125. The third-order valence-corrected chi connectivity index (χ3v) is 2.77. The molecule has 0 spiro atoms. The van der Waals surface area contributed by atoms with Gasteiger partial charge < -0.3 is 9.15 Å². The van der Waals surface area contributed by atoms with Crippen LogP contribution in [0.2, 0.25) is 0 Å². The number of hydrogen-bond acceptors (Lipinski definition) is 5. The number of ether oxygens (including phenoxy) is 1. The third-order valence-electron chi connectivity index (χ3n) is 1.78. The maximum Gasteiger partial charge on any atom is 0.332 e. The van der Waals surface area contributed by atoms with Gasteiger partial charge in [-0.25, -0.2) is 8.42 Å². The highest BCUT2D eigenvalue weighted by Crippen LogP contribution is 2.24. The van der Waals surface area contributed by atoms with Gasteiger partial charge in [0.15, 0.2) is 5.58 Å². The summed E-state index contributed by atoms with van der Waals surface area (Å²) in [6, 6.07) is 4.77. The van der Waals surface area contributed by atoms with Crippen LogP contribution in [0.25, 0.3) is 11.1 Å². The Hall–Kier alpha value is -1.27. The maximum absolute atomic E-state index is 10.9. The van der Waals surface area contributed by atoms with Crippen LogP contribution >= 0.6 is 10.7 Å². The van der Waals surface area contributed by atoms with Crippen molar-refractivity contribution in [2.45, 2.75) is 5.22 Å². The Bertz CT molecular complexity index is 604. The molecule has 2 aromatic rings. The first kappa shape index (κ1) is 10.3. The lowest BCUT2D eigenvalue weighted by Crippen LogP contribution is -1.88. The summed E-state index contributed by atoms with van der Waals surface area (Å²) in [5.74, 6) is 0.553. The van der Waals surface area contributed by atoms with Crippen molar-refractivity contribution in [2.24, 2.45) is 0 Å². The Balaban J connectivity index is 2.66. The van der Waals surface area contributed by atoms with E-state index in [1.165, 1.54) is 13.2 Å².